The van der Waals surface area contributed by atoms with E-state index in [-0.39, 0.29) is 5.92 Å². The van der Waals surface area contributed by atoms with E-state index in [2.05, 4.69) is 15.3 Å². The van der Waals surface area contributed by atoms with Crippen LogP contribution in [0.4, 0.5) is 5.82 Å². The third kappa shape index (κ3) is 2.81. The molecule has 0 fully saturated rings. The van der Waals surface area contributed by atoms with Crippen molar-refractivity contribution in [2.75, 3.05) is 5.32 Å². The highest BCUT2D eigenvalue weighted by atomic mass is 16.4. The summed E-state index contributed by atoms with van der Waals surface area (Å²) in [7, 11) is 0. The lowest BCUT2D eigenvalue weighted by Gasteiger charge is -2.26. The standard InChI is InChI=1S/C14H17N3O2/c1-3-9(2)12(14(18)19)17-13-10-6-4-5-7-11(10)15-8-16-13/h4-9,12H,3H2,1-2H3,(H,18,19)(H,15,16,17)/p-1. The van der Waals surface area contributed by atoms with Gasteiger partial charge in [-0.15, -0.1) is 0 Å². The highest BCUT2D eigenvalue weighted by molar-refractivity contribution is 5.90. The van der Waals surface area contributed by atoms with Gasteiger partial charge in [0.25, 0.3) is 0 Å². The molecule has 1 N–H and O–H groups in total. The third-order valence-corrected chi connectivity index (χ3v) is 3.30. The molecule has 0 radical (unpaired) electrons. The number of hydrogen-bond acceptors (Lipinski definition) is 5. The average molecular weight is 258 g/mol. The number of rotatable bonds is 5. The first kappa shape index (κ1) is 13.3. The van der Waals surface area contributed by atoms with Gasteiger partial charge < -0.3 is 15.2 Å². The summed E-state index contributed by atoms with van der Waals surface area (Å²) in [5.41, 5.74) is 0.779. The Bertz CT molecular complexity index is 580. The van der Waals surface area contributed by atoms with Gasteiger partial charge >= 0.3 is 0 Å². The zero-order chi connectivity index (χ0) is 13.8. The van der Waals surface area contributed by atoms with E-state index in [1.807, 2.05) is 38.1 Å². The van der Waals surface area contributed by atoms with Crippen molar-refractivity contribution < 1.29 is 9.90 Å². The first-order valence-electron chi connectivity index (χ1n) is 6.30. The fourth-order valence-corrected chi connectivity index (χ4v) is 1.94. The minimum atomic E-state index is -1.11. The van der Waals surface area contributed by atoms with Crippen LogP contribution in [-0.4, -0.2) is 22.0 Å². The molecule has 5 heteroatoms. The maximum absolute atomic E-state index is 11.2. The lowest BCUT2D eigenvalue weighted by Crippen LogP contribution is -2.45. The van der Waals surface area contributed by atoms with Gasteiger partial charge in [-0.2, -0.15) is 0 Å². The predicted octanol–water partition coefficient (Wildman–Crippen LogP) is 1.21. The van der Waals surface area contributed by atoms with Crippen molar-refractivity contribution in [3.63, 3.8) is 0 Å². The Balaban J connectivity index is 2.36. The largest absolute Gasteiger partial charge is 0.548 e. The van der Waals surface area contributed by atoms with Crippen LogP contribution >= 0.6 is 0 Å². The zero-order valence-electron chi connectivity index (χ0n) is 11.0. The molecule has 0 amide bonds. The van der Waals surface area contributed by atoms with Gasteiger partial charge in [0.1, 0.15) is 12.1 Å². The minimum absolute atomic E-state index is 0.0428. The van der Waals surface area contributed by atoms with Crippen LogP contribution in [0.2, 0.25) is 0 Å². The van der Waals surface area contributed by atoms with Crippen molar-refractivity contribution in [2.45, 2.75) is 26.3 Å². The van der Waals surface area contributed by atoms with Crippen LogP contribution in [0.25, 0.3) is 10.9 Å². The number of fused-ring (bicyclic) bond motifs is 1. The average Bonchev–Trinajstić information content (AvgIpc) is 2.43. The Morgan fingerprint density at radius 2 is 2.11 bits per heavy atom. The Kier molecular flexibility index (Phi) is 3.94. The second kappa shape index (κ2) is 5.65. The van der Waals surface area contributed by atoms with E-state index in [1.54, 1.807) is 0 Å². The van der Waals surface area contributed by atoms with Crippen molar-refractivity contribution >= 4 is 22.7 Å². The Morgan fingerprint density at radius 3 is 2.79 bits per heavy atom. The van der Waals surface area contributed by atoms with Gasteiger partial charge in [0.15, 0.2) is 0 Å². The van der Waals surface area contributed by atoms with Crippen LogP contribution in [0.15, 0.2) is 30.6 Å². The van der Waals surface area contributed by atoms with Gasteiger partial charge in [0.05, 0.1) is 17.5 Å². The number of carboxylic acid groups (broad SMARTS) is 1. The number of aliphatic carboxylic acids is 1. The van der Waals surface area contributed by atoms with E-state index in [4.69, 9.17) is 0 Å². The summed E-state index contributed by atoms with van der Waals surface area (Å²) in [5.74, 6) is -0.629. The van der Waals surface area contributed by atoms with Crippen molar-refractivity contribution in [3.8, 4) is 0 Å². The fraction of sp³-hybridized carbons (Fsp3) is 0.357. The van der Waals surface area contributed by atoms with Gasteiger partial charge in [0.2, 0.25) is 0 Å². The number of para-hydroxylation sites is 1. The van der Waals surface area contributed by atoms with Crippen molar-refractivity contribution in [1.29, 1.82) is 0 Å². The Labute approximate surface area is 111 Å². The SMILES string of the molecule is CCC(C)C(Nc1ncnc2ccccc12)C(=O)[O-]. The molecule has 1 aromatic heterocycles. The molecule has 100 valence electrons. The van der Waals surface area contributed by atoms with E-state index in [0.29, 0.717) is 5.82 Å². The first-order chi connectivity index (χ1) is 9.13. The number of anilines is 1. The van der Waals surface area contributed by atoms with Gasteiger partial charge in [-0.05, 0) is 18.1 Å². The van der Waals surface area contributed by atoms with Crippen LogP contribution in [-0.2, 0) is 4.79 Å². The molecule has 2 aromatic rings. The van der Waals surface area contributed by atoms with Gasteiger partial charge in [-0.3, -0.25) is 0 Å². The second-order valence-corrected chi connectivity index (χ2v) is 4.57. The molecule has 2 rings (SSSR count). The summed E-state index contributed by atoms with van der Waals surface area (Å²) in [6.45, 7) is 3.82. The number of aromatic nitrogens is 2. The lowest BCUT2D eigenvalue weighted by atomic mass is 9.99. The highest BCUT2D eigenvalue weighted by Gasteiger charge is 2.18. The van der Waals surface area contributed by atoms with E-state index in [1.165, 1.54) is 6.33 Å². The van der Waals surface area contributed by atoms with E-state index in [0.717, 1.165) is 17.3 Å². The summed E-state index contributed by atoms with van der Waals surface area (Å²) >= 11 is 0. The fourth-order valence-electron chi connectivity index (χ4n) is 1.94. The molecule has 2 atom stereocenters. The normalized spacial score (nSPS) is 14.0. The molecule has 0 aliphatic rings. The Morgan fingerprint density at radius 1 is 1.37 bits per heavy atom. The van der Waals surface area contributed by atoms with E-state index < -0.39 is 12.0 Å². The van der Waals surface area contributed by atoms with E-state index in [9.17, 15) is 9.90 Å². The molecule has 0 aliphatic carbocycles. The van der Waals surface area contributed by atoms with Crippen LogP contribution in [0.3, 0.4) is 0 Å². The van der Waals surface area contributed by atoms with Gasteiger partial charge in [0, 0.05) is 5.39 Å². The summed E-state index contributed by atoms with van der Waals surface area (Å²) in [6.07, 6.45) is 2.17. The smallest absolute Gasteiger partial charge is 0.137 e. The molecule has 2 unspecified atom stereocenters. The molecule has 0 saturated heterocycles. The van der Waals surface area contributed by atoms with Gasteiger partial charge in [-0.1, -0.05) is 32.4 Å². The van der Waals surface area contributed by atoms with Crippen LogP contribution in [0, 0.1) is 5.92 Å². The lowest BCUT2D eigenvalue weighted by molar-refractivity contribution is -0.307. The molecule has 0 bridgehead atoms. The quantitative estimate of drug-likeness (QED) is 0.872. The first-order valence-corrected chi connectivity index (χ1v) is 6.30. The molecule has 19 heavy (non-hydrogen) atoms. The van der Waals surface area contributed by atoms with Crippen molar-refractivity contribution in [1.82, 2.24) is 9.97 Å². The summed E-state index contributed by atoms with van der Waals surface area (Å²) in [4.78, 5) is 19.5. The highest BCUT2D eigenvalue weighted by Crippen LogP contribution is 2.21. The molecule has 5 nitrogen and oxygen atoms in total. The van der Waals surface area contributed by atoms with Crippen LogP contribution in [0.1, 0.15) is 20.3 Å². The summed E-state index contributed by atoms with van der Waals surface area (Å²) in [6, 6.07) is 6.71. The number of hydrogen-bond donors (Lipinski definition) is 1. The number of carbonyl (C=O) groups is 1. The maximum atomic E-state index is 11.2. The maximum Gasteiger partial charge on any atom is 0.137 e. The summed E-state index contributed by atoms with van der Waals surface area (Å²) < 4.78 is 0. The third-order valence-electron chi connectivity index (χ3n) is 3.30. The van der Waals surface area contributed by atoms with Crippen molar-refractivity contribution in [2.24, 2.45) is 5.92 Å². The monoisotopic (exact) mass is 258 g/mol. The minimum Gasteiger partial charge on any atom is -0.548 e. The number of benzene rings is 1. The number of carbonyl (C=O) groups excluding carboxylic acids is 1. The molecule has 1 aromatic carbocycles. The molecule has 1 heterocycles. The van der Waals surface area contributed by atoms with Gasteiger partial charge in [-0.25, -0.2) is 9.97 Å². The number of nitrogens with one attached hydrogen (secondary N) is 1. The molecule has 0 aliphatic heterocycles. The van der Waals surface area contributed by atoms with Crippen LogP contribution < -0.4 is 10.4 Å². The second-order valence-electron chi connectivity index (χ2n) is 4.57. The molecular formula is C14H16N3O2-. The topological polar surface area (TPSA) is 77.9 Å². The molecule has 0 saturated carbocycles. The zero-order valence-corrected chi connectivity index (χ0v) is 11.0. The van der Waals surface area contributed by atoms with Crippen LogP contribution in [0.5, 0.6) is 0 Å². The molecular weight excluding hydrogens is 242 g/mol. The summed E-state index contributed by atoms with van der Waals surface area (Å²) in [5, 5.41) is 15.0. The Hall–Kier alpha value is -2.17. The van der Waals surface area contributed by atoms with E-state index >= 15 is 0 Å². The number of carboxylic acids is 1. The van der Waals surface area contributed by atoms with Crippen molar-refractivity contribution in [3.05, 3.63) is 30.6 Å². The number of nitrogens with zero attached hydrogens (tertiary/aromatic N) is 2. The molecule has 0 spiro atoms. The predicted molar refractivity (Wildman–Crippen MR) is 71.4 cm³/mol.